The quantitative estimate of drug-likeness (QED) is 0.926. The number of fused-ring (bicyclic) bond motifs is 1. The Morgan fingerprint density at radius 3 is 2.55 bits per heavy atom. The molecule has 1 heterocycles. The average molecular weight is 267 g/mol. The standard InChI is InChI=1S/C17H17NO2/c19-17(20)11-14-6-1-2-7-15(14)12-18-10-9-13-5-3-4-8-16(13)18/h1-8H,9-12H2,(H,19,20). The zero-order chi connectivity index (χ0) is 13.9. The molecule has 0 amide bonds. The second-order valence-corrected chi connectivity index (χ2v) is 5.14. The van der Waals surface area contributed by atoms with Crippen molar-refractivity contribution in [2.75, 3.05) is 11.4 Å². The molecule has 0 aromatic heterocycles. The normalized spacial score (nSPS) is 13.3. The molecule has 0 aliphatic carbocycles. The van der Waals surface area contributed by atoms with Crippen LogP contribution in [0.5, 0.6) is 0 Å². The van der Waals surface area contributed by atoms with Gasteiger partial charge in [-0.25, -0.2) is 0 Å². The zero-order valence-electron chi connectivity index (χ0n) is 11.2. The molecule has 0 saturated carbocycles. The van der Waals surface area contributed by atoms with Crippen molar-refractivity contribution in [2.45, 2.75) is 19.4 Å². The lowest BCUT2D eigenvalue weighted by Crippen LogP contribution is -2.21. The smallest absolute Gasteiger partial charge is 0.307 e. The van der Waals surface area contributed by atoms with Crippen molar-refractivity contribution in [1.82, 2.24) is 0 Å². The maximum absolute atomic E-state index is 10.9. The molecule has 2 aromatic carbocycles. The van der Waals surface area contributed by atoms with Crippen LogP contribution in [0.1, 0.15) is 16.7 Å². The van der Waals surface area contributed by atoms with E-state index >= 15 is 0 Å². The van der Waals surface area contributed by atoms with Crippen molar-refractivity contribution >= 4 is 11.7 Å². The maximum atomic E-state index is 10.9. The largest absolute Gasteiger partial charge is 0.481 e. The van der Waals surface area contributed by atoms with Gasteiger partial charge in [0.2, 0.25) is 0 Å². The summed E-state index contributed by atoms with van der Waals surface area (Å²) in [5, 5.41) is 9.00. The van der Waals surface area contributed by atoms with Crippen molar-refractivity contribution < 1.29 is 9.90 Å². The van der Waals surface area contributed by atoms with Gasteiger partial charge in [-0.2, -0.15) is 0 Å². The Morgan fingerprint density at radius 2 is 1.75 bits per heavy atom. The Hall–Kier alpha value is -2.29. The van der Waals surface area contributed by atoms with Crippen molar-refractivity contribution in [2.24, 2.45) is 0 Å². The van der Waals surface area contributed by atoms with Gasteiger partial charge in [0.1, 0.15) is 0 Å². The number of rotatable bonds is 4. The predicted molar refractivity (Wildman–Crippen MR) is 79.0 cm³/mol. The third kappa shape index (κ3) is 2.52. The summed E-state index contributed by atoms with van der Waals surface area (Å²) in [5.74, 6) is -0.778. The van der Waals surface area contributed by atoms with Crippen LogP contribution >= 0.6 is 0 Å². The molecule has 3 heteroatoms. The summed E-state index contributed by atoms with van der Waals surface area (Å²) in [6.07, 6.45) is 1.16. The van der Waals surface area contributed by atoms with Crippen molar-refractivity contribution in [1.29, 1.82) is 0 Å². The van der Waals surface area contributed by atoms with E-state index in [4.69, 9.17) is 5.11 Å². The Kier molecular flexibility index (Phi) is 3.42. The molecule has 0 bridgehead atoms. The van der Waals surface area contributed by atoms with Crippen molar-refractivity contribution in [3.05, 3.63) is 65.2 Å². The Labute approximate surface area is 118 Å². The third-order valence-corrected chi connectivity index (χ3v) is 3.80. The van der Waals surface area contributed by atoms with Gasteiger partial charge in [-0.1, -0.05) is 42.5 Å². The predicted octanol–water partition coefficient (Wildman–Crippen LogP) is 2.88. The number of carboxylic acids is 1. The van der Waals surface area contributed by atoms with Crippen LogP contribution in [0.25, 0.3) is 0 Å². The molecular weight excluding hydrogens is 250 g/mol. The van der Waals surface area contributed by atoms with E-state index in [0.29, 0.717) is 0 Å². The van der Waals surface area contributed by atoms with Gasteiger partial charge in [0, 0.05) is 18.8 Å². The van der Waals surface area contributed by atoms with Crippen LogP contribution in [0.2, 0.25) is 0 Å². The molecular formula is C17H17NO2. The fraction of sp³-hybridized carbons (Fsp3) is 0.235. The topological polar surface area (TPSA) is 40.5 Å². The van der Waals surface area contributed by atoms with Crippen LogP contribution < -0.4 is 4.90 Å². The van der Waals surface area contributed by atoms with E-state index in [2.05, 4.69) is 29.2 Å². The summed E-state index contributed by atoms with van der Waals surface area (Å²) in [7, 11) is 0. The van der Waals surface area contributed by atoms with E-state index < -0.39 is 5.97 Å². The van der Waals surface area contributed by atoms with Gasteiger partial charge >= 0.3 is 5.97 Å². The molecule has 0 unspecified atom stereocenters. The third-order valence-electron chi connectivity index (χ3n) is 3.80. The van der Waals surface area contributed by atoms with Gasteiger partial charge in [0.25, 0.3) is 0 Å². The Bertz CT molecular complexity index is 636. The molecule has 1 aliphatic heterocycles. The molecule has 3 rings (SSSR count). The van der Waals surface area contributed by atoms with Gasteiger partial charge < -0.3 is 10.0 Å². The van der Waals surface area contributed by atoms with Gasteiger partial charge in [-0.3, -0.25) is 4.79 Å². The highest BCUT2D eigenvalue weighted by molar-refractivity contribution is 5.71. The summed E-state index contributed by atoms with van der Waals surface area (Å²) in [6.45, 7) is 1.78. The highest BCUT2D eigenvalue weighted by Gasteiger charge is 2.19. The summed E-state index contributed by atoms with van der Waals surface area (Å²) >= 11 is 0. The van der Waals surface area contributed by atoms with Crippen LogP contribution in [0.4, 0.5) is 5.69 Å². The molecule has 0 atom stereocenters. The van der Waals surface area contributed by atoms with E-state index in [1.165, 1.54) is 11.3 Å². The molecule has 1 N–H and O–H groups in total. The van der Waals surface area contributed by atoms with Gasteiger partial charge in [0.15, 0.2) is 0 Å². The van der Waals surface area contributed by atoms with Crippen LogP contribution in [-0.4, -0.2) is 17.6 Å². The number of carboxylic acid groups (broad SMARTS) is 1. The Balaban J connectivity index is 1.84. The first-order chi connectivity index (χ1) is 9.74. The number of aliphatic carboxylic acids is 1. The highest BCUT2D eigenvalue weighted by atomic mass is 16.4. The van der Waals surface area contributed by atoms with Gasteiger partial charge in [0.05, 0.1) is 6.42 Å². The van der Waals surface area contributed by atoms with Crippen LogP contribution in [0.3, 0.4) is 0 Å². The maximum Gasteiger partial charge on any atom is 0.307 e. The lowest BCUT2D eigenvalue weighted by atomic mass is 10.0. The number of carbonyl (C=O) groups is 1. The van der Waals surface area contributed by atoms with E-state index in [9.17, 15) is 4.79 Å². The molecule has 20 heavy (non-hydrogen) atoms. The monoisotopic (exact) mass is 267 g/mol. The van der Waals surface area contributed by atoms with Crippen molar-refractivity contribution in [3.8, 4) is 0 Å². The fourth-order valence-electron chi connectivity index (χ4n) is 2.82. The first-order valence-electron chi connectivity index (χ1n) is 6.85. The van der Waals surface area contributed by atoms with Crippen LogP contribution in [0, 0.1) is 0 Å². The van der Waals surface area contributed by atoms with E-state index in [-0.39, 0.29) is 6.42 Å². The second kappa shape index (κ2) is 5.37. The molecule has 0 fully saturated rings. The molecule has 1 aliphatic rings. The lowest BCUT2D eigenvalue weighted by molar-refractivity contribution is -0.136. The van der Waals surface area contributed by atoms with Gasteiger partial charge in [-0.15, -0.1) is 0 Å². The number of hydrogen-bond acceptors (Lipinski definition) is 2. The minimum Gasteiger partial charge on any atom is -0.481 e. The molecule has 0 saturated heterocycles. The number of nitrogens with zero attached hydrogens (tertiary/aromatic N) is 1. The summed E-state index contributed by atoms with van der Waals surface area (Å²) in [4.78, 5) is 13.3. The summed E-state index contributed by atoms with van der Waals surface area (Å²) in [6, 6.07) is 16.2. The lowest BCUT2D eigenvalue weighted by Gasteiger charge is -2.21. The summed E-state index contributed by atoms with van der Waals surface area (Å²) in [5.41, 5.74) is 4.66. The SMILES string of the molecule is O=C(O)Cc1ccccc1CN1CCc2ccccc21. The van der Waals surface area contributed by atoms with E-state index in [1.807, 2.05) is 24.3 Å². The second-order valence-electron chi connectivity index (χ2n) is 5.14. The van der Waals surface area contributed by atoms with E-state index in [1.54, 1.807) is 0 Å². The fourth-order valence-corrected chi connectivity index (χ4v) is 2.82. The molecule has 2 aromatic rings. The number of benzene rings is 2. The Morgan fingerprint density at radius 1 is 1.05 bits per heavy atom. The highest BCUT2D eigenvalue weighted by Crippen LogP contribution is 2.29. The minimum absolute atomic E-state index is 0.0889. The molecule has 0 radical (unpaired) electrons. The average Bonchev–Trinajstić information content (AvgIpc) is 2.84. The molecule has 0 spiro atoms. The minimum atomic E-state index is -0.778. The van der Waals surface area contributed by atoms with Gasteiger partial charge in [-0.05, 0) is 29.2 Å². The van der Waals surface area contributed by atoms with Crippen LogP contribution in [-0.2, 0) is 24.2 Å². The first kappa shape index (κ1) is 12.7. The van der Waals surface area contributed by atoms with Crippen LogP contribution in [0.15, 0.2) is 48.5 Å². The van der Waals surface area contributed by atoms with Crippen molar-refractivity contribution in [3.63, 3.8) is 0 Å². The van der Waals surface area contributed by atoms with E-state index in [0.717, 1.165) is 30.6 Å². The number of para-hydroxylation sites is 1. The first-order valence-corrected chi connectivity index (χ1v) is 6.85. The number of anilines is 1. The summed E-state index contributed by atoms with van der Waals surface area (Å²) < 4.78 is 0. The molecule has 102 valence electrons. The molecule has 3 nitrogen and oxygen atoms in total. The number of hydrogen-bond donors (Lipinski definition) is 1. The zero-order valence-corrected chi connectivity index (χ0v) is 11.2.